The number of likely N-dealkylation sites (tertiary alicyclic amines) is 3. The molecule has 4 rings (SSSR count). The lowest BCUT2D eigenvalue weighted by atomic mass is 9.81. The Morgan fingerprint density at radius 2 is 1.69 bits per heavy atom. The molecule has 0 aromatic rings. The molecule has 0 unspecified atom stereocenters. The Labute approximate surface area is 160 Å². The van der Waals surface area contributed by atoms with Crippen molar-refractivity contribution >= 4 is 5.91 Å². The zero-order valence-corrected chi connectivity index (χ0v) is 16.9. The van der Waals surface area contributed by atoms with Crippen molar-refractivity contribution in [1.29, 1.82) is 0 Å². The molecule has 0 bridgehead atoms. The van der Waals surface area contributed by atoms with Crippen molar-refractivity contribution in [3.05, 3.63) is 0 Å². The molecule has 3 heterocycles. The van der Waals surface area contributed by atoms with Gasteiger partial charge in [-0.3, -0.25) is 9.69 Å². The number of rotatable bonds is 4. The van der Waals surface area contributed by atoms with Gasteiger partial charge >= 0.3 is 0 Å². The molecule has 148 valence electrons. The first-order valence-corrected chi connectivity index (χ1v) is 11.5. The maximum Gasteiger partial charge on any atom is 0.222 e. The fourth-order valence-corrected chi connectivity index (χ4v) is 6.20. The molecule has 3 saturated heterocycles. The van der Waals surface area contributed by atoms with Crippen LogP contribution in [0.25, 0.3) is 0 Å². The van der Waals surface area contributed by atoms with Gasteiger partial charge in [0.15, 0.2) is 0 Å². The van der Waals surface area contributed by atoms with Gasteiger partial charge < -0.3 is 9.80 Å². The van der Waals surface area contributed by atoms with Gasteiger partial charge in [-0.25, -0.2) is 0 Å². The zero-order chi connectivity index (χ0) is 17.9. The summed E-state index contributed by atoms with van der Waals surface area (Å²) in [6, 6.07) is 1.34. The number of carbonyl (C=O) groups excluding carboxylic acids is 1. The minimum Gasteiger partial charge on any atom is -0.339 e. The molecule has 2 atom stereocenters. The summed E-state index contributed by atoms with van der Waals surface area (Å²) < 4.78 is 0. The molecule has 3 aliphatic heterocycles. The van der Waals surface area contributed by atoms with Crippen molar-refractivity contribution in [1.82, 2.24) is 14.7 Å². The van der Waals surface area contributed by atoms with Gasteiger partial charge in [-0.1, -0.05) is 26.2 Å². The predicted octanol–water partition coefficient (Wildman–Crippen LogP) is 3.36. The van der Waals surface area contributed by atoms with E-state index in [1.165, 1.54) is 84.1 Å². The molecule has 1 aliphatic carbocycles. The van der Waals surface area contributed by atoms with Crippen molar-refractivity contribution in [3.8, 4) is 0 Å². The Bertz CT molecular complexity index is 468. The highest BCUT2D eigenvalue weighted by Crippen LogP contribution is 2.35. The van der Waals surface area contributed by atoms with Gasteiger partial charge in [0.1, 0.15) is 0 Å². The number of nitrogens with zero attached hydrogens (tertiary/aromatic N) is 3. The van der Waals surface area contributed by atoms with E-state index < -0.39 is 0 Å². The molecule has 0 radical (unpaired) electrons. The van der Waals surface area contributed by atoms with Gasteiger partial charge in [0.05, 0.1) is 0 Å². The Morgan fingerprint density at radius 1 is 0.923 bits per heavy atom. The van der Waals surface area contributed by atoms with Crippen LogP contribution in [0.2, 0.25) is 0 Å². The van der Waals surface area contributed by atoms with Crippen LogP contribution < -0.4 is 0 Å². The molecule has 4 nitrogen and oxygen atoms in total. The third-order valence-electron chi connectivity index (χ3n) is 7.88. The molecule has 0 aromatic heterocycles. The molecule has 1 saturated carbocycles. The Morgan fingerprint density at radius 3 is 2.42 bits per heavy atom. The van der Waals surface area contributed by atoms with Crippen LogP contribution in [0.1, 0.15) is 71.1 Å². The molecule has 0 N–H and O–H groups in total. The standard InChI is InChI=1S/C22H39N3O/c1-2-23-13-10-20(11-14-23)24-15-12-21-19(17-24)8-9-22(26)25(21)16-18-6-4-3-5-7-18/h18-21H,2-17H2,1H3/t19-,21+/m1/s1. The zero-order valence-electron chi connectivity index (χ0n) is 16.9. The van der Waals surface area contributed by atoms with E-state index in [1.54, 1.807) is 0 Å². The van der Waals surface area contributed by atoms with Crippen molar-refractivity contribution < 1.29 is 4.79 Å². The van der Waals surface area contributed by atoms with E-state index in [4.69, 9.17) is 0 Å². The van der Waals surface area contributed by atoms with Crippen LogP contribution in [-0.4, -0.2) is 72.0 Å². The van der Waals surface area contributed by atoms with Gasteiger partial charge in [-0.15, -0.1) is 0 Å². The third-order valence-corrected chi connectivity index (χ3v) is 7.88. The Balaban J connectivity index is 1.34. The summed E-state index contributed by atoms with van der Waals surface area (Å²) in [5, 5.41) is 0. The van der Waals surface area contributed by atoms with Gasteiger partial charge in [-0.05, 0) is 70.0 Å². The monoisotopic (exact) mass is 361 g/mol. The summed E-state index contributed by atoms with van der Waals surface area (Å²) in [5.74, 6) is 1.97. The molecular formula is C22H39N3O. The van der Waals surface area contributed by atoms with Crippen molar-refractivity contribution in [3.63, 3.8) is 0 Å². The van der Waals surface area contributed by atoms with E-state index in [0.717, 1.165) is 37.3 Å². The molecule has 4 aliphatic rings. The maximum absolute atomic E-state index is 12.7. The summed E-state index contributed by atoms with van der Waals surface area (Å²) in [4.78, 5) is 20.4. The second kappa shape index (κ2) is 8.60. The van der Waals surface area contributed by atoms with Crippen LogP contribution in [-0.2, 0) is 4.79 Å². The lowest BCUT2D eigenvalue weighted by molar-refractivity contribution is -0.142. The molecule has 4 heteroatoms. The highest BCUT2D eigenvalue weighted by molar-refractivity contribution is 5.77. The van der Waals surface area contributed by atoms with Crippen LogP contribution in [0, 0.1) is 11.8 Å². The fourth-order valence-electron chi connectivity index (χ4n) is 6.20. The average Bonchev–Trinajstić information content (AvgIpc) is 2.71. The van der Waals surface area contributed by atoms with Gasteiger partial charge in [0.25, 0.3) is 0 Å². The van der Waals surface area contributed by atoms with Gasteiger partial charge in [-0.2, -0.15) is 0 Å². The number of hydrogen-bond acceptors (Lipinski definition) is 3. The lowest BCUT2D eigenvalue weighted by Crippen LogP contribution is -2.59. The topological polar surface area (TPSA) is 26.8 Å². The number of hydrogen-bond donors (Lipinski definition) is 0. The van der Waals surface area contributed by atoms with Crippen LogP contribution in [0.5, 0.6) is 0 Å². The van der Waals surface area contributed by atoms with E-state index in [0.29, 0.717) is 11.9 Å². The van der Waals surface area contributed by atoms with E-state index in [1.807, 2.05) is 0 Å². The van der Waals surface area contributed by atoms with E-state index in [2.05, 4.69) is 21.6 Å². The quantitative estimate of drug-likeness (QED) is 0.768. The summed E-state index contributed by atoms with van der Waals surface area (Å²) in [6.45, 7) is 9.56. The first-order valence-electron chi connectivity index (χ1n) is 11.5. The summed E-state index contributed by atoms with van der Waals surface area (Å²) in [7, 11) is 0. The first kappa shape index (κ1) is 18.7. The molecule has 0 aromatic carbocycles. The smallest absolute Gasteiger partial charge is 0.222 e. The second-order valence-corrected chi connectivity index (χ2v) is 9.37. The van der Waals surface area contributed by atoms with Crippen molar-refractivity contribution in [2.24, 2.45) is 11.8 Å². The molecule has 1 amide bonds. The maximum atomic E-state index is 12.7. The van der Waals surface area contributed by atoms with Gasteiger partial charge in [0, 0.05) is 38.1 Å². The summed E-state index contributed by atoms with van der Waals surface area (Å²) >= 11 is 0. The van der Waals surface area contributed by atoms with E-state index in [9.17, 15) is 4.79 Å². The normalized spacial score (nSPS) is 33.4. The lowest BCUT2D eigenvalue weighted by Gasteiger charge is -2.50. The SMILES string of the molecule is CCN1CCC(N2CC[C@H]3[C@H](CCC(=O)N3CC3CCCCC3)C2)CC1. The minimum absolute atomic E-state index is 0.460. The number of amides is 1. The third kappa shape index (κ3) is 4.11. The van der Waals surface area contributed by atoms with Crippen molar-refractivity contribution in [2.45, 2.75) is 83.2 Å². The summed E-state index contributed by atoms with van der Waals surface area (Å²) in [5.41, 5.74) is 0. The van der Waals surface area contributed by atoms with Crippen molar-refractivity contribution in [2.75, 3.05) is 39.3 Å². The van der Waals surface area contributed by atoms with E-state index in [-0.39, 0.29) is 0 Å². The molecular weight excluding hydrogens is 322 g/mol. The number of piperidine rings is 3. The Hall–Kier alpha value is -0.610. The fraction of sp³-hybridized carbons (Fsp3) is 0.955. The van der Waals surface area contributed by atoms with Gasteiger partial charge in [0.2, 0.25) is 5.91 Å². The predicted molar refractivity (Wildman–Crippen MR) is 106 cm³/mol. The highest BCUT2D eigenvalue weighted by Gasteiger charge is 2.41. The first-order chi connectivity index (χ1) is 12.7. The largest absolute Gasteiger partial charge is 0.339 e. The summed E-state index contributed by atoms with van der Waals surface area (Å²) in [6.07, 6.45) is 12.7. The van der Waals surface area contributed by atoms with E-state index >= 15 is 0 Å². The molecule has 0 spiro atoms. The second-order valence-electron chi connectivity index (χ2n) is 9.37. The van der Waals surface area contributed by atoms with Crippen LogP contribution in [0.15, 0.2) is 0 Å². The van der Waals surface area contributed by atoms with Crippen LogP contribution >= 0.6 is 0 Å². The Kier molecular flexibility index (Phi) is 6.20. The number of fused-ring (bicyclic) bond motifs is 1. The molecule has 26 heavy (non-hydrogen) atoms. The minimum atomic E-state index is 0.460. The highest BCUT2D eigenvalue weighted by atomic mass is 16.2. The average molecular weight is 362 g/mol. The van der Waals surface area contributed by atoms with Crippen LogP contribution in [0.4, 0.5) is 0 Å². The van der Waals surface area contributed by atoms with Crippen LogP contribution in [0.3, 0.4) is 0 Å². The number of carbonyl (C=O) groups is 1. The molecule has 4 fully saturated rings.